The van der Waals surface area contributed by atoms with E-state index in [0.717, 1.165) is 42.9 Å². The van der Waals surface area contributed by atoms with Crippen LogP contribution in [-0.4, -0.2) is 49.7 Å². The summed E-state index contributed by atoms with van der Waals surface area (Å²) in [5.41, 5.74) is 1.25. The highest BCUT2D eigenvalue weighted by Gasteiger charge is 2.18. The summed E-state index contributed by atoms with van der Waals surface area (Å²) >= 11 is 3.54. The second kappa shape index (κ2) is 9.38. The number of hydrogen-bond donors (Lipinski definition) is 1. The van der Waals surface area contributed by atoms with Crippen LogP contribution in [0.25, 0.3) is 0 Å². The van der Waals surface area contributed by atoms with Crippen LogP contribution in [0.5, 0.6) is 0 Å². The van der Waals surface area contributed by atoms with Gasteiger partial charge in [0.15, 0.2) is 0 Å². The number of nitrogens with zero attached hydrogens (tertiary/aromatic N) is 3. The van der Waals surface area contributed by atoms with Gasteiger partial charge in [0.1, 0.15) is 5.82 Å². The van der Waals surface area contributed by atoms with Crippen LogP contribution in [0.1, 0.15) is 32.8 Å². The molecule has 1 aromatic rings. The number of aromatic nitrogens is 1. The van der Waals surface area contributed by atoms with Crippen molar-refractivity contribution in [1.29, 1.82) is 0 Å². The first-order valence-electron chi connectivity index (χ1n) is 7.76. The van der Waals surface area contributed by atoms with E-state index in [2.05, 4.69) is 77.0 Å². The van der Waals surface area contributed by atoms with Gasteiger partial charge in [-0.2, -0.15) is 0 Å². The predicted molar refractivity (Wildman–Crippen MR) is 95.0 cm³/mol. The topological polar surface area (TPSA) is 31.4 Å². The van der Waals surface area contributed by atoms with E-state index < -0.39 is 0 Å². The zero-order chi connectivity index (χ0) is 15.8. The third-order valence-electron chi connectivity index (χ3n) is 3.43. The van der Waals surface area contributed by atoms with Crippen LogP contribution < -0.4 is 10.2 Å². The van der Waals surface area contributed by atoms with Crippen LogP contribution in [0.2, 0.25) is 0 Å². The molecule has 1 heterocycles. The van der Waals surface area contributed by atoms with Crippen molar-refractivity contribution in [2.75, 3.05) is 38.6 Å². The van der Waals surface area contributed by atoms with Crippen LogP contribution in [0.4, 0.5) is 5.82 Å². The first-order chi connectivity index (χ1) is 9.99. The summed E-state index contributed by atoms with van der Waals surface area (Å²) in [6.45, 7) is 10.5. The van der Waals surface area contributed by atoms with E-state index in [1.54, 1.807) is 0 Å². The van der Waals surface area contributed by atoms with Gasteiger partial charge in [0.25, 0.3) is 0 Å². The zero-order valence-corrected chi connectivity index (χ0v) is 15.6. The average Bonchev–Trinajstić information content (AvgIpc) is 2.41. The number of rotatable bonds is 9. The van der Waals surface area contributed by atoms with Crippen molar-refractivity contribution in [3.05, 3.63) is 22.3 Å². The van der Waals surface area contributed by atoms with E-state index in [9.17, 15) is 0 Å². The van der Waals surface area contributed by atoms with E-state index in [1.165, 1.54) is 5.56 Å². The van der Waals surface area contributed by atoms with Crippen molar-refractivity contribution in [2.45, 2.75) is 39.8 Å². The predicted octanol–water partition coefficient (Wildman–Crippen LogP) is 3.12. The summed E-state index contributed by atoms with van der Waals surface area (Å²) < 4.78 is 1.04. The van der Waals surface area contributed by atoms with Crippen LogP contribution in [-0.2, 0) is 6.54 Å². The Balaban J connectivity index is 2.96. The van der Waals surface area contributed by atoms with Gasteiger partial charge in [-0.05, 0) is 62.9 Å². The molecule has 120 valence electrons. The lowest BCUT2D eigenvalue weighted by atomic mass is 10.2. The van der Waals surface area contributed by atoms with E-state index in [0.29, 0.717) is 6.04 Å². The summed E-state index contributed by atoms with van der Waals surface area (Å²) in [6, 6.07) is 2.61. The maximum Gasteiger partial charge on any atom is 0.133 e. The summed E-state index contributed by atoms with van der Waals surface area (Å²) in [5, 5.41) is 3.48. The van der Waals surface area contributed by atoms with Crippen molar-refractivity contribution in [3.8, 4) is 0 Å². The SMILES string of the molecule is CCCNCc1cc(Br)cnc1N(CC)C(C)CN(C)C. The Morgan fingerprint density at radius 2 is 2.05 bits per heavy atom. The molecular weight excluding hydrogens is 328 g/mol. The minimum atomic E-state index is 0.434. The molecule has 0 spiro atoms. The van der Waals surface area contributed by atoms with Crippen LogP contribution in [0.3, 0.4) is 0 Å². The average molecular weight is 357 g/mol. The third kappa shape index (κ3) is 5.93. The molecule has 1 N–H and O–H groups in total. The van der Waals surface area contributed by atoms with Crippen molar-refractivity contribution < 1.29 is 0 Å². The van der Waals surface area contributed by atoms with Crippen molar-refractivity contribution in [1.82, 2.24) is 15.2 Å². The van der Waals surface area contributed by atoms with Crippen molar-refractivity contribution in [3.63, 3.8) is 0 Å². The quantitative estimate of drug-likeness (QED) is 0.688. The summed E-state index contributed by atoms with van der Waals surface area (Å²) in [6.07, 6.45) is 3.04. The normalized spacial score (nSPS) is 12.7. The second-order valence-corrected chi connectivity index (χ2v) is 6.63. The minimum Gasteiger partial charge on any atom is -0.353 e. The minimum absolute atomic E-state index is 0.434. The fourth-order valence-corrected chi connectivity index (χ4v) is 2.94. The molecule has 0 aliphatic carbocycles. The van der Waals surface area contributed by atoms with Gasteiger partial charge in [0.2, 0.25) is 0 Å². The van der Waals surface area contributed by atoms with Gasteiger partial charge >= 0.3 is 0 Å². The number of pyridine rings is 1. The lowest BCUT2D eigenvalue weighted by Crippen LogP contribution is -2.41. The Hall–Kier alpha value is -0.650. The van der Waals surface area contributed by atoms with Gasteiger partial charge in [-0.3, -0.25) is 0 Å². The first-order valence-corrected chi connectivity index (χ1v) is 8.55. The fraction of sp³-hybridized carbons (Fsp3) is 0.688. The molecule has 1 unspecified atom stereocenters. The lowest BCUT2D eigenvalue weighted by Gasteiger charge is -2.32. The highest BCUT2D eigenvalue weighted by molar-refractivity contribution is 9.10. The zero-order valence-electron chi connectivity index (χ0n) is 14.0. The summed E-state index contributed by atoms with van der Waals surface area (Å²) in [5.74, 6) is 1.10. The Labute approximate surface area is 138 Å². The van der Waals surface area contributed by atoms with Gasteiger partial charge in [0, 0.05) is 41.9 Å². The van der Waals surface area contributed by atoms with Crippen molar-refractivity contribution >= 4 is 21.7 Å². The standard InChI is InChI=1S/C16H29BrN4/c1-6-8-18-10-14-9-15(17)11-19-16(14)21(7-2)13(3)12-20(4)5/h9,11,13,18H,6-8,10,12H2,1-5H3. The summed E-state index contributed by atoms with van der Waals surface area (Å²) in [4.78, 5) is 9.28. The largest absolute Gasteiger partial charge is 0.353 e. The molecule has 5 heteroatoms. The van der Waals surface area contributed by atoms with E-state index >= 15 is 0 Å². The molecule has 0 saturated heterocycles. The molecule has 0 saturated carbocycles. The molecular formula is C16H29BrN4. The Kier molecular flexibility index (Phi) is 8.22. The third-order valence-corrected chi connectivity index (χ3v) is 3.86. The Bertz CT molecular complexity index is 423. The number of halogens is 1. The molecule has 1 rings (SSSR count). The van der Waals surface area contributed by atoms with E-state index in [1.807, 2.05) is 6.20 Å². The highest BCUT2D eigenvalue weighted by Crippen LogP contribution is 2.23. The number of anilines is 1. The number of hydrogen-bond acceptors (Lipinski definition) is 4. The number of nitrogens with one attached hydrogen (secondary N) is 1. The highest BCUT2D eigenvalue weighted by atomic mass is 79.9. The second-order valence-electron chi connectivity index (χ2n) is 5.71. The van der Waals surface area contributed by atoms with Crippen LogP contribution in [0, 0.1) is 0 Å². The Morgan fingerprint density at radius 3 is 2.62 bits per heavy atom. The maximum atomic E-state index is 4.68. The van der Waals surface area contributed by atoms with E-state index in [-0.39, 0.29) is 0 Å². The molecule has 0 aromatic carbocycles. The molecule has 4 nitrogen and oxygen atoms in total. The number of likely N-dealkylation sites (N-methyl/N-ethyl adjacent to an activating group) is 2. The molecule has 21 heavy (non-hydrogen) atoms. The molecule has 0 fully saturated rings. The van der Waals surface area contributed by atoms with Crippen LogP contribution in [0.15, 0.2) is 16.7 Å². The van der Waals surface area contributed by atoms with Crippen molar-refractivity contribution in [2.24, 2.45) is 0 Å². The molecule has 0 aliphatic heterocycles. The van der Waals surface area contributed by atoms with E-state index in [4.69, 9.17) is 0 Å². The molecule has 0 amide bonds. The first kappa shape index (κ1) is 18.4. The monoisotopic (exact) mass is 356 g/mol. The molecule has 1 atom stereocenters. The molecule has 1 aromatic heterocycles. The fourth-order valence-electron chi connectivity index (χ4n) is 2.56. The lowest BCUT2D eigenvalue weighted by molar-refractivity contribution is 0.372. The summed E-state index contributed by atoms with van der Waals surface area (Å²) in [7, 11) is 4.23. The smallest absolute Gasteiger partial charge is 0.133 e. The van der Waals surface area contributed by atoms with Gasteiger partial charge in [-0.25, -0.2) is 4.98 Å². The molecule has 0 radical (unpaired) electrons. The maximum absolute atomic E-state index is 4.68. The molecule has 0 bridgehead atoms. The van der Waals surface area contributed by atoms with Gasteiger partial charge in [-0.15, -0.1) is 0 Å². The van der Waals surface area contributed by atoms with Gasteiger partial charge < -0.3 is 15.1 Å². The molecule has 0 aliphatic rings. The van der Waals surface area contributed by atoms with Crippen LogP contribution >= 0.6 is 15.9 Å². The van der Waals surface area contributed by atoms with Gasteiger partial charge in [0.05, 0.1) is 0 Å². The van der Waals surface area contributed by atoms with Gasteiger partial charge in [-0.1, -0.05) is 6.92 Å². The Morgan fingerprint density at radius 1 is 1.33 bits per heavy atom.